The van der Waals surface area contributed by atoms with E-state index in [9.17, 15) is 14.9 Å². The molecule has 0 saturated carbocycles. The Morgan fingerprint density at radius 1 is 1.53 bits per heavy atom. The molecule has 0 spiro atoms. The quantitative estimate of drug-likeness (QED) is 0.591. The number of nitro benzene ring substituents is 1. The number of rotatable bonds is 6. The highest BCUT2D eigenvalue weighted by Gasteiger charge is 2.16. The summed E-state index contributed by atoms with van der Waals surface area (Å²) in [6.45, 7) is 3.03. The van der Waals surface area contributed by atoms with Gasteiger partial charge < -0.3 is 15.2 Å². The van der Waals surface area contributed by atoms with Gasteiger partial charge in [-0.3, -0.25) is 14.9 Å². The van der Waals surface area contributed by atoms with Gasteiger partial charge in [0.2, 0.25) is 0 Å². The molecule has 1 aromatic rings. The summed E-state index contributed by atoms with van der Waals surface area (Å²) in [6, 6.07) is 3.98. The molecule has 7 heteroatoms. The van der Waals surface area contributed by atoms with Gasteiger partial charge in [0.25, 0.3) is 5.91 Å². The molecule has 104 valence electrons. The highest BCUT2D eigenvalue weighted by atomic mass is 16.6. The Balaban J connectivity index is 2.80. The number of nitro groups is 1. The Morgan fingerprint density at radius 2 is 2.21 bits per heavy atom. The highest BCUT2D eigenvalue weighted by molar-refractivity contribution is 5.77. The van der Waals surface area contributed by atoms with E-state index >= 15 is 0 Å². The van der Waals surface area contributed by atoms with Crippen LogP contribution in [-0.2, 0) is 11.4 Å². The molecule has 0 aliphatic rings. The molecule has 0 radical (unpaired) electrons. The van der Waals surface area contributed by atoms with Crippen molar-refractivity contribution in [2.75, 3.05) is 6.61 Å². The molecule has 1 aromatic carbocycles. The third kappa shape index (κ3) is 4.55. The molecule has 2 N–H and O–H groups in total. The zero-order valence-electron chi connectivity index (χ0n) is 10.8. The number of nitrogens with one attached hydrogen (secondary N) is 1. The fraction of sp³-hybridized carbons (Fsp3) is 0.417. The number of aliphatic hydroxyl groups is 1. The van der Waals surface area contributed by atoms with Crippen LogP contribution in [0.15, 0.2) is 18.2 Å². The van der Waals surface area contributed by atoms with Gasteiger partial charge in [-0.25, -0.2) is 0 Å². The van der Waals surface area contributed by atoms with E-state index < -0.39 is 4.92 Å². The fourth-order valence-electron chi connectivity index (χ4n) is 1.43. The zero-order valence-corrected chi connectivity index (χ0v) is 10.8. The van der Waals surface area contributed by atoms with Gasteiger partial charge in [0.05, 0.1) is 11.5 Å². The highest BCUT2D eigenvalue weighted by Crippen LogP contribution is 2.27. The predicted molar refractivity (Wildman–Crippen MR) is 67.8 cm³/mol. The van der Waals surface area contributed by atoms with Crippen LogP contribution in [0, 0.1) is 10.1 Å². The first-order valence-corrected chi connectivity index (χ1v) is 5.74. The minimum absolute atomic E-state index is 0.0320. The lowest BCUT2D eigenvalue weighted by atomic mass is 10.2. The second-order valence-electron chi connectivity index (χ2n) is 4.23. The molecule has 0 bridgehead atoms. The maximum atomic E-state index is 11.4. The molecule has 0 aromatic heterocycles. The molecule has 0 aliphatic heterocycles. The van der Waals surface area contributed by atoms with Crippen molar-refractivity contribution in [2.45, 2.75) is 26.5 Å². The molecule has 7 nitrogen and oxygen atoms in total. The Labute approximate surface area is 110 Å². The molecular weight excluding hydrogens is 252 g/mol. The number of ether oxygens (including phenoxy) is 1. The normalized spacial score (nSPS) is 10.3. The van der Waals surface area contributed by atoms with Crippen LogP contribution in [0.4, 0.5) is 5.69 Å². The second-order valence-corrected chi connectivity index (χ2v) is 4.23. The summed E-state index contributed by atoms with van der Waals surface area (Å²) in [5, 5.41) is 22.4. The van der Waals surface area contributed by atoms with Crippen LogP contribution >= 0.6 is 0 Å². The Kier molecular flexibility index (Phi) is 5.25. The van der Waals surface area contributed by atoms with Crippen LogP contribution in [-0.4, -0.2) is 28.6 Å². The van der Waals surface area contributed by atoms with Crippen LogP contribution in [0.2, 0.25) is 0 Å². The van der Waals surface area contributed by atoms with Gasteiger partial charge in [-0.2, -0.15) is 0 Å². The van der Waals surface area contributed by atoms with Crippen molar-refractivity contribution in [3.63, 3.8) is 0 Å². The van der Waals surface area contributed by atoms with Crippen molar-refractivity contribution in [1.29, 1.82) is 0 Å². The van der Waals surface area contributed by atoms with Crippen LogP contribution in [0.5, 0.6) is 5.75 Å². The lowest BCUT2D eigenvalue weighted by Crippen LogP contribution is -2.34. The topological polar surface area (TPSA) is 102 Å². The van der Waals surface area contributed by atoms with Crippen molar-refractivity contribution in [3.8, 4) is 5.75 Å². The monoisotopic (exact) mass is 268 g/mol. The van der Waals surface area contributed by atoms with E-state index in [0.717, 1.165) is 0 Å². The molecular formula is C12H16N2O5. The van der Waals surface area contributed by atoms with Gasteiger partial charge in [0.15, 0.2) is 12.4 Å². The van der Waals surface area contributed by atoms with Gasteiger partial charge in [0.1, 0.15) is 0 Å². The average molecular weight is 268 g/mol. The third-order valence-electron chi connectivity index (χ3n) is 2.21. The van der Waals surface area contributed by atoms with Crippen LogP contribution in [0.3, 0.4) is 0 Å². The van der Waals surface area contributed by atoms with E-state index in [-0.39, 0.29) is 36.6 Å². The van der Waals surface area contributed by atoms with Gasteiger partial charge in [-0.05, 0) is 31.5 Å². The van der Waals surface area contributed by atoms with E-state index in [4.69, 9.17) is 9.84 Å². The molecule has 19 heavy (non-hydrogen) atoms. The first kappa shape index (κ1) is 14.9. The summed E-state index contributed by atoms with van der Waals surface area (Å²) in [4.78, 5) is 21.6. The lowest BCUT2D eigenvalue weighted by Gasteiger charge is -2.10. The van der Waals surface area contributed by atoms with E-state index in [1.54, 1.807) is 13.8 Å². The summed E-state index contributed by atoms with van der Waals surface area (Å²) >= 11 is 0. The van der Waals surface area contributed by atoms with Crippen LogP contribution < -0.4 is 10.1 Å². The van der Waals surface area contributed by atoms with Crippen LogP contribution in [0.25, 0.3) is 0 Å². The van der Waals surface area contributed by atoms with E-state index in [0.29, 0.717) is 5.56 Å². The molecule has 1 rings (SSSR count). The number of hydrogen-bond acceptors (Lipinski definition) is 5. The van der Waals surface area contributed by atoms with Crippen molar-refractivity contribution in [1.82, 2.24) is 5.32 Å². The molecule has 0 aliphatic carbocycles. The summed E-state index contributed by atoms with van der Waals surface area (Å²) < 4.78 is 5.14. The van der Waals surface area contributed by atoms with Crippen molar-refractivity contribution in [3.05, 3.63) is 33.9 Å². The Bertz CT molecular complexity index is 473. The van der Waals surface area contributed by atoms with Crippen molar-refractivity contribution >= 4 is 11.6 Å². The van der Waals surface area contributed by atoms with Gasteiger partial charge >= 0.3 is 5.69 Å². The molecule has 0 saturated heterocycles. The first-order chi connectivity index (χ1) is 8.93. The largest absolute Gasteiger partial charge is 0.477 e. The van der Waals surface area contributed by atoms with Gasteiger partial charge in [-0.15, -0.1) is 0 Å². The summed E-state index contributed by atoms with van der Waals surface area (Å²) in [6.07, 6.45) is 0. The maximum absolute atomic E-state index is 11.4. The SMILES string of the molecule is CC(C)NC(=O)COc1cc(CO)ccc1[N+](=O)[O-]. The molecule has 0 fully saturated rings. The minimum Gasteiger partial charge on any atom is -0.477 e. The average Bonchev–Trinajstić information content (AvgIpc) is 2.34. The fourth-order valence-corrected chi connectivity index (χ4v) is 1.43. The van der Waals surface area contributed by atoms with E-state index in [1.807, 2.05) is 0 Å². The number of carbonyl (C=O) groups excluding carboxylic acids is 1. The Hall–Kier alpha value is -2.15. The third-order valence-corrected chi connectivity index (χ3v) is 2.21. The predicted octanol–water partition coefficient (Wildman–Crippen LogP) is 0.990. The number of amides is 1. The minimum atomic E-state index is -0.600. The molecule has 0 heterocycles. The number of carbonyl (C=O) groups is 1. The standard InChI is InChI=1S/C12H16N2O5/c1-8(2)13-12(16)7-19-11-5-9(6-15)3-4-10(11)14(17)18/h3-5,8,15H,6-7H2,1-2H3,(H,13,16). The molecule has 1 amide bonds. The van der Waals surface area contributed by atoms with Crippen molar-refractivity contribution in [2.24, 2.45) is 0 Å². The number of nitrogens with zero attached hydrogens (tertiary/aromatic N) is 1. The molecule has 0 atom stereocenters. The summed E-state index contributed by atoms with van der Waals surface area (Å²) in [7, 11) is 0. The summed E-state index contributed by atoms with van der Waals surface area (Å²) in [5.74, 6) is -0.394. The van der Waals surface area contributed by atoms with Gasteiger partial charge in [-0.1, -0.05) is 0 Å². The number of aliphatic hydroxyl groups excluding tert-OH is 1. The van der Waals surface area contributed by atoms with Gasteiger partial charge in [0, 0.05) is 12.1 Å². The first-order valence-electron chi connectivity index (χ1n) is 5.74. The van der Waals surface area contributed by atoms with E-state index in [1.165, 1.54) is 18.2 Å². The smallest absolute Gasteiger partial charge is 0.310 e. The number of benzene rings is 1. The van der Waals surface area contributed by atoms with E-state index in [2.05, 4.69) is 5.32 Å². The Morgan fingerprint density at radius 3 is 2.74 bits per heavy atom. The number of hydrogen-bond donors (Lipinski definition) is 2. The maximum Gasteiger partial charge on any atom is 0.310 e. The molecule has 0 unspecified atom stereocenters. The second kappa shape index (κ2) is 6.69. The van der Waals surface area contributed by atoms with Crippen LogP contribution in [0.1, 0.15) is 19.4 Å². The zero-order chi connectivity index (χ0) is 14.4. The lowest BCUT2D eigenvalue weighted by molar-refractivity contribution is -0.385. The summed E-state index contributed by atoms with van der Waals surface area (Å²) in [5.41, 5.74) is 0.236. The van der Waals surface area contributed by atoms with Crippen molar-refractivity contribution < 1.29 is 19.6 Å².